The molecule has 0 aliphatic carbocycles. The fourth-order valence-corrected chi connectivity index (χ4v) is 2.93. The first-order valence-electron chi connectivity index (χ1n) is 9.70. The first-order chi connectivity index (χ1) is 13.3. The van der Waals surface area contributed by atoms with Crippen molar-refractivity contribution in [2.24, 2.45) is 0 Å². The van der Waals surface area contributed by atoms with Crippen molar-refractivity contribution in [2.45, 2.75) is 59.2 Å². The Bertz CT molecular complexity index is 805. The zero-order valence-electron chi connectivity index (χ0n) is 17.0. The first kappa shape index (κ1) is 21.6. The number of amides is 2. The summed E-state index contributed by atoms with van der Waals surface area (Å²) in [5.41, 5.74) is 2.77. The first-order valence-corrected chi connectivity index (χ1v) is 9.70. The molecule has 0 aliphatic rings. The van der Waals surface area contributed by atoms with Crippen LogP contribution in [0.5, 0.6) is 0 Å². The fourth-order valence-electron chi connectivity index (χ4n) is 2.93. The molecule has 150 valence electrons. The molecule has 0 fully saturated rings. The van der Waals surface area contributed by atoms with Gasteiger partial charge in [0.05, 0.1) is 6.42 Å². The van der Waals surface area contributed by atoms with Crippen molar-refractivity contribution < 1.29 is 14.0 Å². The molecule has 0 bridgehead atoms. The molecule has 4 nitrogen and oxygen atoms in total. The van der Waals surface area contributed by atoms with Gasteiger partial charge in [-0.15, -0.1) is 0 Å². The third kappa shape index (κ3) is 6.19. The molecular formula is C23H29FN2O2. The van der Waals surface area contributed by atoms with Gasteiger partial charge in [0.1, 0.15) is 11.9 Å². The molecular weight excluding hydrogens is 355 g/mol. The highest BCUT2D eigenvalue weighted by molar-refractivity contribution is 5.88. The maximum atomic E-state index is 13.2. The quantitative estimate of drug-likeness (QED) is 0.748. The molecule has 0 spiro atoms. The third-order valence-corrected chi connectivity index (χ3v) is 4.87. The number of carbonyl (C=O) groups excluding carboxylic acids is 2. The van der Waals surface area contributed by atoms with Crippen molar-refractivity contribution in [3.8, 4) is 0 Å². The van der Waals surface area contributed by atoms with E-state index in [1.165, 1.54) is 12.1 Å². The minimum atomic E-state index is -0.628. The van der Waals surface area contributed by atoms with Crippen molar-refractivity contribution >= 4 is 11.8 Å². The monoisotopic (exact) mass is 384 g/mol. The maximum Gasteiger partial charge on any atom is 0.242 e. The summed E-state index contributed by atoms with van der Waals surface area (Å²) in [7, 11) is 0. The minimum Gasteiger partial charge on any atom is -0.352 e. The summed E-state index contributed by atoms with van der Waals surface area (Å²) in [6.45, 7) is 7.89. The van der Waals surface area contributed by atoms with Crippen LogP contribution in [-0.2, 0) is 22.6 Å². The van der Waals surface area contributed by atoms with Crippen LogP contribution in [0.2, 0.25) is 0 Å². The zero-order chi connectivity index (χ0) is 20.7. The number of benzene rings is 2. The highest BCUT2D eigenvalue weighted by Gasteiger charge is 2.26. The van der Waals surface area contributed by atoms with Crippen LogP contribution >= 0.6 is 0 Å². The maximum absolute atomic E-state index is 13.2. The number of carbonyl (C=O) groups is 2. The number of hydrogen-bond donors (Lipinski definition) is 1. The fraction of sp³-hybridized carbons (Fsp3) is 0.391. The van der Waals surface area contributed by atoms with Gasteiger partial charge in [0, 0.05) is 12.6 Å². The summed E-state index contributed by atoms with van der Waals surface area (Å²) < 4.78 is 13.2. The van der Waals surface area contributed by atoms with Crippen molar-refractivity contribution in [3.63, 3.8) is 0 Å². The Balaban J connectivity index is 2.22. The Morgan fingerprint density at radius 2 is 1.75 bits per heavy atom. The van der Waals surface area contributed by atoms with Crippen LogP contribution in [0.25, 0.3) is 0 Å². The summed E-state index contributed by atoms with van der Waals surface area (Å²) >= 11 is 0. The number of nitrogens with zero attached hydrogens (tertiary/aromatic N) is 1. The van der Waals surface area contributed by atoms with E-state index in [1.807, 2.05) is 45.0 Å². The average molecular weight is 384 g/mol. The number of aryl methyl sites for hydroxylation is 1. The Hall–Kier alpha value is -2.69. The molecule has 2 aromatic carbocycles. The highest BCUT2D eigenvalue weighted by Crippen LogP contribution is 2.14. The predicted octanol–water partition coefficient (Wildman–Crippen LogP) is 4.01. The largest absolute Gasteiger partial charge is 0.352 e. The van der Waals surface area contributed by atoms with Gasteiger partial charge in [-0.05, 0) is 50.5 Å². The van der Waals surface area contributed by atoms with Crippen LogP contribution in [0.4, 0.5) is 4.39 Å². The highest BCUT2D eigenvalue weighted by atomic mass is 19.1. The minimum absolute atomic E-state index is 0.0366. The number of halogens is 1. The van der Waals surface area contributed by atoms with E-state index in [0.717, 1.165) is 23.1 Å². The number of hydrogen-bond acceptors (Lipinski definition) is 2. The van der Waals surface area contributed by atoms with Crippen LogP contribution < -0.4 is 5.32 Å². The van der Waals surface area contributed by atoms with Gasteiger partial charge >= 0.3 is 0 Å². The SMILES string of the molecule is CC[C@H](C)NC(=O)[C@H](C)N(Cc1ccc(F)cc1)C(=O)Cc1cccc(C)c1. The zero-order valence-corrected chi connectivity index (χ0v) is 17.0. The molecule has 0 saturated carbocycles. The Morgan fingerprint density at radius 1 is 1.07 bits per heavy atom. The normalized spacial score (nSPS) is 12.9. The molecule has 0 saturated heterocycles. The lowest BCUT2D eigenvalue weighted by Gasteiger charge is -2.30. The van der Waals surface area contributed by atoms with Gasteiger partial charge in [-0.25, -0.2) is 4.39 Å². The van der Waals surface area contributed by atoms with Crippen LogP contribution in [0.1, 0.15) is 43.9 Å². The average Bonchev–Trinajstić information content (AvgIpc) is 2.66. The van der Waals surface area contributed by atoms with Crippen LogP contribution in [0, 0.1) is 12.7 Å². The molecule has 2 amide bonds. The molecule has 0 unspecified atom stereocenters. The van der Waals surface area contributed by atoms with Gasteiger partial charge in [-0.1, -0.05) is 48.9 Å². The Kier molecular flexibility index (Phi) is 7.73. The van der Waals surface area contributed by atoms with Gasteiger partial charge in [-0.3, -0.25) is 9.59 Å². The van der Waals surface area contributed by atoms with Crippen LogP contribution in [-0.4, -0.2) is 28.8 Å². The topological polar surface area (TPSA) is 49.4 Å². The summed E-state index contributed by atoms with van der Waals surface area (Å²) in [5.74, 6) is -0.653. The number of nitrogens with one attached hydrogen (secondary N) is 1. The van der Waals surface area contributed by atoms with Crippen molar-refractivity contribution in [3.05, 3.63) is 71.0 Å². The van der Waals surface area contributed by atoms with E-state index in [-0.39, 0.29) is 36.6 Å². The summed E-state index contributed by atoms with van der Waals surface area (Å²) in [6.07, 6.45) is 1.03. The van der Waals surface area contributed by atoms with E-state index in [9.17, 15) is 14.0 Å². The number of rotatable bonds is 8. The Labute approximate surface area is 166 Å². The van der Waals surface area contributed by atoms with E-state index >= 15 is 0 Å². The summed E-state index contributed by atoms with van der Waals surface area (Å²) in [5, 5.41) is 2.94. The molecule has 5 heteroatoms. The molecule has 2 rings (SSSR count). The summed E-state index contributed by atoms with van der Waals surface area (Å²) in [4.78, 5) is 27.3. The van der Waals surface area contributed by atoms with E-state index in [1.54, 1.807) is 24.0 Å². The lowest BCUT2D eigenvalue weighted by Crippen LogP contribution is -2.49. The Morgan fingerprint density at radius 3 is 2.36 bits per heavy atom. The van der Waals surface area contributed by atoms with Gasteiger partial charge in [-0.2, -0.15) is 0 Å². The molecule has 2 aromatic rings. The van der Waals surface area contributed by atoms with Crippen LogP contribution in [0.3, 0.4) is 0 Å². The lowest BCUT2D eigenvalue weighted by atomic mass is 10.1. The molecule has 0 aliphatic heterocycles. The molecule has 2 atom stereocenters. The molecule has 0 heterocycles. The second-order valence-electron chi connectivity index (χ2n) is 7.31. The molecule has 0 aromatic heterocycles. The lowest BCUT2D eigenvalue weighted by molar-refractivity contribution is -0.140. The van der Waals surface area contributed by atoms with Crippen molar-refractivity contribution in [1.29, 1.82) is 0 Å². The third-order valence-electron chi connectivity index (χ3n) is 4.87. The van der Waals surface area contributed by atoms with Crippen molar-refractivity contribution in [1.82, 2.24) is 10.2 Å². The van der Waals surface area contributed by atoms with Gasteiger partial charge in [0.15, 0.2) is 0 Å². The predicted molar refractivity (Wildman–Crippen MR) is 109 cm³/mol. The van der Waals surface area contributed by atoms with E-state index < -0.39 is 6.04 Å². The van der Waals surface area contributed by atoms with E-state index in [2.05, 4.69) is 5.32 Å². The molecule has 28 heavy (non-hydrogen) atoms. The van der Waals surface area contributed by atoms with E-state index in [4.69, 9.17) is 0 Å². The van der Waals surface area contributed by atoms with E-state index in [0.29, 0.717) is 0 Å². The molecule has 0 radical (unpaired) electrons. The second-order valence-corrected chi connectivity index (χ2v) is 7.31. The van der Waals surface area contributed by atoms with Gasteiger partial charge < -0.3 is 10.2 Å². The summed E-state index contributed by atoms with van der Waals surface area (Å²) in [6, 6.07) is 13.2. The smallest absolute Gasteiger partial charge is 0.242 e. The second kappa shape index (κ2) is 10.0. The standard InChI is InChI=1S/C23H29FN2O2/c1-5-17(3)25-23(28)18(4)26(15-19-9-11-21(24)12-10-19)22(27)14-20-8-6-7-16(2)13-20/h6-13,17-18H,5,14-15H2,1-4H3,(H,25,28)/t17-,18-/m0/s1. The van der Waals surface area contributed by atoms with Crippen LogP contribution in [0.15, 0.2) is 48.5 Å². The van der Waals surface area contributed by atoms with Crippen molar-refractivity contribution in [2.75, 3.05) is 0 Å². The van der Waals surface area contributed by atoms with Gasteiger partial charge in [0.25, 0.3) is 0 Å². The van der Waals surface area contributed by atoms with Gasteiger partial charge in [0.2, 0.25) is 11.8 Å². The molecule has 1 N–H and O–H groups in total.